The van der Waals surface area contributed by atoms with Gasteiger partial charge in [-0.05, 0) is 30.7 Å². The van der Waals surface area contributed by atoms with Crippen molar-refractivity contribution in [3.8, 4) is 0 Å². The highest BCUT2D eigenvalue weighted by Gasteiger charge is 2.27. The van der Waals surface area contributed by atoms with Crippen LogP contribution < -0.4 is 5.32 Å². The molecule has 0 aliphatic carbocycles. The van der Waals surface area contributed by atoms with E-state index in [1.807, 2.05) is 30.3 Å². The predicted octanol–water partition coefficient (Wildman–Crippen LogP) is 2.80. The monoisotopic (exact) mass is 488 g/mol. The lowest BCUT2D eigenvalue weighted by Gasteiger charge is -2.26. The van der Waals surface area contributed by atoms with Crippen molar-refractivity contribution < 1.29 is 22.4 Å². The van der Waals surface area contributed by atoms with Crippen molar-refractivity contribution in [1.82, 2.24) is 14.5 Å². The minimum absolute atomic E-state index is 0.130. The quantitative estimate of drug-likeness (QED) is 0.482. The molecule has 0 bridgehead atoms. The smallest absolute Gasteiger partial charge is 0.277 e. The molecule has 1 atom stereocenters. The van der Waals surface area contributed by atoms with E-state index < -0.39 is 15.3 Å². The van der Waals surface area contributed by atoms with Gasteiger partial charge in [-0.1, -0.05) is 48.2 Å². The van der Waals surface area contributed by atoms with Crippen LogP contribution in [0.15, 0.2) is 69.1 Å². The minimum Gasteiger partial charge on any atom is -0.416 e. The van der Waals surface area contributed by atoms with E-state index in [1.54, 1.807) is 19.1 Å². The van der Waals surface area contributed by atoms with Crippen LogP contribution in [0.4, 0.5) is 5.69 Å². The third-order valence-corrected chi connectivity index (χ3v) is 7.83. The molecule has 0 spiro atoms. The third-order valence-electron chi connectivity index (χ3n) is 5.00. The standard InChI is InChI=1S/C22H24N4O5S2/c1-16(32-22-25-24-20(31-22)14-17-6-3-2-4-7-17)21(27)23-18-8-5-9-19(15-18)33(28,29)26-10-12-30-13-11-26/h2-9,15-16H,10-14H2,1H3,(H,23,27)/t16-/m0/s1. The molecule has 1 aromatic heterocycles. The summed E-state index contributed by atoms with van der Waals surface area (Å²) in [5.41, 5.74) is 1.45. The number of amides is 1. The van der Waals surface area contributed by atoms with Crippen molar-refractivity contribution in [2.75, 3.05) is 31.6 Å². The Hall–Kier alpha value is -2.73. The average Bonchev–Trinajstić information content (AvgIpc) is 3.27. The molecule has 11 heteroatoms. The van der Waals surface area contributed by atoms with Gasteiger partial charge in [-0.3, -0.25) is 4.79 Å². The normalized spacial score (nSPS) is 15.8. The molecule has 1 saturated heterocycles. The SMILES string of the molecule is C[C@H](Sc1nnc(Cc2ccccc2)o1)C(=O)Nc1cccc(S(=O)(=O)N2CCOCC2)c1. The topological polar surface area (TPSA) is 115 Å². The zero-order valence-corrected chi connectivity index (χ0v) is 19.6. The van der Waals surface area contributed by atoms with Gasteiger partial charge in [0, 0.05) is 18.8 Å². The number of benzene rings is 2. The van der Waals surface area contributed by atoms with E-state index in [0.717, 1.165) is 17.3 Å². The Labute approximate surface area is 196 Å². The first-order valence-electron chi connectivity index (χ1n) is 10.4. The molecule has 4 rings (SSSR count). The first-order valence-corrected chi connectivity index (χ1v) is 12.8. The highest BCUT2D eigenvalue weighted by Crippen LogP contribution is 2.25. The number of hydrogen-bond donors (Lipinski definition) is 1. The number of thioether (sulfide) groups is 1. The van der Waals surface area contributed by atoms with Crippen LogP contribution in [-0.2, 0) is 26.0 Å². The van der Waals surface area contributed by atoms with Gasteiger partial charge in [0.25, 0.3) is 5.22 Å². The maximum Gasteiger partial charge on any atom is 0.277 e. The highest BCUT2D eigenvalue weighted by atomic mass is 32.2. The van der Waals surface area contributed by atoms with Gasteiger partial charge in [0.2, 0.25) is 21.8 Å². The molecule has 1 aliphatic rings. The Bertz CT molecular complexity index is 1190. The molecule has 0 radical (unpaired) electrons. The number of hydrogen-bond acceptors (Lipinski definition) is 8. The van der Waals surface area contributed by atoms with E-state index in [1.165, 1.54) is 16.4 Å². The molecule has 0 unspecified atom stereocenters. The summed E-state index contributed by atoms with van der Waals surface area (Å²) in [4.78, 5) is 12.8. The molecule has 9 nitrogen and oxygen atoms in total. The van der Waals surface area contributed by atoms with Crippen molar-refractivity contribution in [3.05, 3.63) is 66.1 Å². The summed E-state index contributed by atoms with van der Waals surface area (Å²) in [5, 5.41) is 10.6. The fourth-order valence-corrected chi connectivity index (χ4v) is 5.40. The van der Waals surface area contributed by atoms with Crippen molar-refractivity contribution in [2.24, 2.45) is 0 Å². The Morgan fingerprint density at radius 3 is 2.64 bits per heavy atom. The maximum absolute atomic E-state index is 12.9. The number of aromatic nitrogens is 2. The lowest BCUT2D eigenvalue weighted by molar-refractivity contribution is -0.115. The molecule has 1 fully saturated rings. The van der Waals surface area contributed by atoms with E-state index in [4.69, 9.17) is 9.15 Å². The number of carbonyl (C=O) groups excluding carboxylic acids is 1. The zero-order chi connectivity index (χ0) is 23.3. The molecule has 0 saturated carbocycles. The fourth-order valence-electron chi connectivity index (χ4n) is 3.25. The molecule has 2 heterocycles. The highest BCUT2D eigenvalue weighted by molar-refractivity contribution is 8.00. The molecule has 174 valence electrons. The van der Waals surface area contributed by atoms with Crippen LogP contribution >= 0.6 is 11.8 Å². The second kappa shape index (κ2) is 10.5. The van der Waals surface area contributed by atoms with Crippen LogP contribution in [0.5, 0.6) is 0 Å². The van der Waals surface area contributed by atoms with Gasteiger partial charge in [0.05, 0.1) is 29.8 Å². The average molecular weight is 489 g/mol. The molecular weight excluding hydrogens is 464 g/mol. The van der Waals surface area contributed by atoms with Crippen LogP contribution in [0.3, 0.4) is 0 Å². The maximum atomic E-state index is 12.9. The van der Waals surface area contributed by atoms with Crippen LogP contribution in [0.2, 0.25) is 0 Å². The Morgan fingerprint density at radius 1 is 1.12 bits per heavy atom. The number of sulfonamides is 1. The Balaban J connectivity index is 1.37. The number of rotatable bonds is 8. The number of carbonyl (C=O) groups is 1. The van der Waals surface area contributed by atoms with Crippen LogP contribution in [0.25, 0.3) is 0 Å². The van der Waals surface area contributed by atoms with E-state index >= 15 is 0 Å². The summed E-state index contributed by atoms with van der Waals surface area (Å²) in [6.45, 7) is 3.07. The summed E-state index contributed by atoms with van der Waals surface area (Å²) in [7, 11) is -3.65. The van der Waals surface area contributed by atoms with Crippen molar-refractivity contribution in [3.63, 3.8) is 0 Å². The number of nitrogens with zero attached hydrogens (tertiary/aromatic N) is 3. The first kappa shape index (κ1) is 23.4. The van der Waals surface area contributed by atoms with Crippen molar-refractivity contribution >= 4 is 33.4 Å². The molecule has 2 aromatic carbocycles. The molecule has 33 heavy (non-hydrogen) atoms. The molecular formula is C22H24N4O5S2. The molecule has 1 amide bonds. The van der Waals surface area contributed by atoms with Crippen LogP contribution in [0.1, 0.15) is 18.4 Å². The van der Waals surface area contributed by atoms with Crippen molar-refractivity contribution in [2.45, 2.75) is 28.7 Å². The van der Waals surface area contributed by atoms with E-state index in [2.05, 4.69) is 15.5 Å². The molecule has 1 aliphatic heterocycles. The number of ether oxygens (including phenoxy) is 1. The van der Waals surface area contributed by atoms with Gasteiger partial charge in [-0.2, -0.15) is 4.31 Å². The number of morpholine rings is 1. The lowest BCUT2D eigenvalue weighted by atomic mass is 10.2. The lowest BCUT2D eigenvalue weighted by Crippen LogP contribution is -2.40. The summed E-state index contributed by atoms with van der Waals surface area (Å²) in [6, 6.07) is 16.0. The predicted molar refractivity (Wildman–Crippen MR) is 124 cm³/mol. The van der Waals surface area contributed by atoms with Gasteiger partial charge in [-0.25, -0.2) is 8.42 Å². The van der Waals surface area contributed by atoms with Gasteiger partial charge in [0.15, 0.2) is 0 Å². The number of nitrogens with one attached hydrogen (secondary N) is 1. The van der Waals surface area contributed by atoms with Gasteiger partial charge in [-0.15, -0.1) is 10.2 Å². The van der Waals surface area contributed by atoms with Gasteiger partial charge < -0.3 is 14.5 Å². The largest absolute Gasteiger partial charge is 0.416 e. The van der Waals surface area contributed by atoms with Gasteiger partial charge >= 0.3 is 0 Å². The van der Waals surface area contributed by atoms with E-state index in [0.29, 0.717) is 49.5 Å². The van der Waals surface area contributed by atoms with Crippen LogP contribution in [0, 0.1) is 0 Å². The summed E-state index contributed by atoms with van der Waals surface area (Å²) in [6.07, 6.45) is 0.513. The summed E-state index contributed by atoms with van der Waals surface area (Å²) >= 11 is 1.14. The second-order valence-electron chi connectivity index (χ2n) is 7.42. The van der Waals surface area contributed by atoms with Crippen molar-refractivity contribution in [1.29, 1.82) is 0 Å². The summed E-state index contributed by atoms with van der Waals surface area (Å²) in [5.74, 6) is 0.168. The van der Waals surface area contributed by atoms with E-state index in [-0.39, 0.29) is 10.8 Å². The fraction of sp³-hybridized carbons (Fsp3) is 0.318. The van der Waals surface area contributed by atoms with E-state index in [9.17, 15) is 13.2 Å². The minimum atomic E-state index is -3.65. The van der Waals surface area contributed by atoms with Crippen LogP contribution in [-0.4, -0.2) is 60.4 Å². The third kappa shape index (κ3) is 5.99. The summed E-state index contributed by atoms with van der Waals surface area (Å²) < 4.78 is 38.0. The molecule has 3 aromatic rings. The first-order chi connectivity index (χ1) is 15.9. The Morgan fingerprint density at radius 2 is 1.88 bits per heavy atom. The van der Waals surface area contributed by atoms with Gasteiger partial charge in [0.1, 0.15) is 0 Å². The second-order valence-corrected chi connectivity index (χ2v) is 10.6. The zero-order valence-electron chi connectivity index (χ0n) is 18.0. The molecule has 1 N–H and O–H groups in total. The Kier molecular flexibility index (Phi) is 7.43. The number of anilines is 1.